The van der Waals surface area contributed by atoms with E-state index >= 15 is 0 Å². The van der Waals surface area contributed by atoms with Crippen molar-refractivity contribution in [3.05, 3.63) is 82.7 Å². The number of ether oxygens (including phenoxy) is 3. The van der Waals surface area contributed by atoms with Gasteiger partial charge in [-0.25, -0.2) is 9.37 Å². The summed E-state index contributed by atoms with van der Waals surface area (Å²) in [6, 6.07) is 13.1. The molecule has 0 atom stereocenters. The molecule has 3 aromatic carbocycles. The van der Waals surface area contributed by atoms with Crippen molar-refractivity contribution < 1.29 is 31.8 Å². The van der Waals surface area contributed by atoms with E-state index in [2.05, 4.69) is 9.97 Å². The van der Waals surface area contributed by atoms with Crippen molar-refractivity contribution in [3.63, 3.8) is 0 Å². The predicted molar refractivity (Wildman–Crippen MR) is 133 cm³/mol. The normalized spacial score (nSPS) is 11.7. The summed E-state index contributed by atoms with van der Waals surface area (Å²) in [7, 11) is 3.04. The summed E-state index contributed by atoms with van der Waals surface area (Å²) >= 11 is 1.35. The molecule has 0 bridgehead atoms. The van der Waals surface area contributed by atoms with E-state index in [0.29, 0.717) is 61.8 Å². The number of hydrogen-bond acceptors (Lipinski definition) is 6. The van der Waals surface area contributed by atoms with Crippen molar-refractivity contribution in [1.82, 2.24) is 9.97 Å². The van der Waals surface area contributed by atoms with Gasteiger partial charge in [0.15, 0.2) is 23.1 Å². The first kappa shape index (κ1) is 24.8. The summed E-state index contributed by atoms with van der Waals surface area (Å²) in [6.45, 7) is 0. The highest BCUT2D eigenvalue weighted by Crippen LogP contribution is 2.38. The van der Waals surface area contributed by atoms with Gasteiger partial charge in [-0.1, -0.05) is 18.2 Å². The second-order valence-corrected chi connectivity index (χ2v) is 9.31. The van der Waals surface area contributed by atoms with Crippen LogP contribution in [0.3, 0.4) is 0 Å². The molecule has 0 aliphatic carbocycles. The maximum Gasteiger partial charge on any atom is 0.416 e. The number of aromatic nitrogens is 2. The van der Waals surface area contributed by atoms with Gasteiger partial charge in [-0.05, 0) is 30.2 Å². The summed E-state index contributed by atoms with van der Waals surface area (Å²) in [5.74, 6) is 0.806. The second kappa shape index (κ2) is 9.85. The van der Waals surface area contributed by atoms with Crippen molar-refractivity contribution in [2.45, 2.75) is 19.0 Å². The molecule has 2 aromatic heterocycles. The first-order valence-electron chi connectivity index (χ1n) is 11.2. The van der Waals surface area contributed by atoms with Crippen LogP contribution in [0.2, 0.25) is 0 Å². The summed E-state index contributed by atoms with van der Waals surface area (Å²) in [5, 5.41) is 1.31. The lowest BCUT2D eigenvalue weighted by molar-refractivity contribution is -0.137. The molecule has 0 unspecified atom stereocenters. The number of hydrogen-bond donors (Lipinski definition) is 0. The Morgan fingerprint density at radius 3 is 2.38 bits per heavy atom. The van der Waals surface area contributed by atoms with Crippen molar-refractivity contribution in [3.8, 4) is 23.0 Å². The average Bonchev–Trinajstić information content (AvgIpc) is 3.28. The number of benzene rings is 3. The Hall–Kier alpha value is -3.92. The van der Waals surface area contributed by atoms with Crippen molar-refractivity contribution in [2.75, 3.05) is 14.2 Å². The highest BCUT2D eigenvalue weighted by Gasteiger charge is 2.30. The first-order valence-corrected chi connectivity index (χ1v) is 12.0. The molecule has 0 radical (unpaired) electrons. The third kappa shape index (κ3) is 5.15. The molecule has 10 heteroatoms. The van der Waals surface area contributed by atoms with Crippen LogP contribution in [-0.4, -0.2) is 24.2 Å². The van der Waals surface area contributed by atoms with E-state index in [-0.39, 0.29) is 5.75 Å². The number of rotatable bonds is 7. The fourth-order valence-electron chi connectivity index (χ4n) is 3.97. The van der Waals surface area contributed by atoms with E-state index in [1.54, 1.807) is 36.5 Å². The van der Waals surface area contributed by atoms with Gasteiger partial charge >= 0.3 is 6.18 Å². The summed E-state index contributed by atoms with van der Waals surface area (Å²) < 4.78 is 71.3. The number of pyridine rings is 1. The largest absolute Gasteiger partial charge is 0.493 e. The molecule has 0 aliphatic heterocycles. The molecule has 5 nitrogen and oxygen atoms in total. The van der Waals surface area contributed by atoms with Gasteiger partial charge in [0.2, 0.25) is 0 Å². The lowest BCUT2D eigenvalue weighted by Gasteiger charge is -2.12. The fraction of sp³-hybridized carbons (Fsp3) is 0.185. The van der Waals surface area contributed by atoms with Crippen LogP contribution >= 0.6 is 11.3 Å². The smallest absolute Gasteiger partial charge is 0.416 e. The predicted octanol–water partition coefficient (Wildman–Crippen LogP) is 7.60. The van der Waals surface area contributed by atoms with E-state index in [4.69, 9.17) is 14.2 Å². The number of thiazole rings is 1. The molecule has 0 spiro atoms. The van der Waals surface area contributed by atoms with Gasteiger partial charge in [-0.3, -0.25) is 4.98 Å². The molecule has 0 saturated carbocycles. The van der Waals surface area contributed by atoms with E-state index < -0.39 is 17.6 Å². The van der Waals surface area contributed by atoms with Gasteiger partial charge in [-0.2, -0.15) is 13.2 Å². The molecule has 0 amide bonds. The van der Waals surface area contributed by atoms with E-state index in [1.807, 2.05) is 0 Å². The minimum atomic E-state index is -4.39. The molecule has 0 fully saturated rings. The maximum absolute atomic E-state index is 15.0. The zero-order valence-electron chi connectivity index (χ0n) is 19.7. The van der Waals surface area contributed by atoms with E-state index in [0.717, 1.165) is 12.1 Å². The lowest BCUT2D eigenvalue weighted by Crippen LogP contribution is -2.05. The number of methoxy groups -OCH3 is 2. The number of nitrogens with zero attached hydrogens (tertiary/aromatic N) is 2. The van der Waals surface area contributed by atoms with E-state index in [1.165, 1.54) is 37.7 Å². The Morgan fingerprint density at radius 2 is 1.62 bits per heavy atom. The van der Waals surface area contributed by atoms with Gasteiger partial charge in [-0.15, -0.1) is 11.3 Å². The highest BCUT2D eigenvalue weighted by atomic mass is 32.1. The molecule has 0 N–H and O–H groups in total. The van der Waals surface area contributed by atoms with Gasteiger partial charge in [0.25, 0.3) is 0 Å². The third-order valence-electron chi connectivity index (χ3n) is 5.80. The molecule has 0 aliphatic rings. The van der Waals surface area contributed by atoms with Crippen LogP contribution < -0.4 is 14.2 Å². The van der Waals surface area contributed by atoms with Crippen molar-refractivity contribution in [1.29, 1.82) is 0 Å². The lowest BCUT2D eigenvalue weighted by atomic mass is 10.1. The molecule has 2 heterocycles. The maximum atomic E-state index is 15.0. The van der Waals surface area contributed by atoms with Crippen LogP contribution in [0.25, 0.3) is 21.1 Å². The standard InChI is InChI=1S/C27H20F4N2O3S/c1-34-23-11-17-19(13-24(23)35-2)32-9-8-21(17)36-22-14-25-20(12-18(22)28)33-26(37-25)7-6-15-4-3-5-16(10-15)27(29,30)31/h3-5,8-14H,6-7H2,1-2H3. The first-order chi connectivity index (χ1) is 17.7. The summed E-state index contributed by atoms with van der Waals surface area (Å²) in [6.07, 6.45) is -2.03. The Labute approximate surface area is 213 Å². The number of fused-ring (bicyclic) bond motifs is 2. The van der Waals surface area contributed by atoms with Gasteiger partial charge in [0.1, 0.15) is 5.75 Å². The van der Waals surface area contributed by atoms with Crippen LogP contribution in [0.15, 0.2) is 60.8 Å². The zero-order chi connectivity index (χ0) is 26.2. The molecular weight excluding hydrogens is 508 g/mol. The number of alkyl halides is 3. The molecule has 5 aromatic rings. The van der Waals surface area contributed by atoms with Crippen LogP contribution in [0.5, 0.6) is 23.0 Å². The molecule has 37 heavy (non-hydrogen) atoms. The summed E-state index contributed by atoms with van der Waals surface area (Å²) in [5.41, 5.74) is 0.921. The molecule has 0 saturated heterocycles. The second-order valence-electron chi connectivity index (χ2n) is 8.19. The minimum absolute atomic E-state index is 0.0165. The Balaban J connectivity index is 1.40. The van der Waals surface area contributed by atoms with Gasteiger partial charge < -0.3 is 14.2 Å². The van der Waals surface area contributed by atoms with Crippen LogP contribution in [0.4, 0.5) is 17.6 Å². The third-order valence-corrected chi connectivity index (χ3v) is 6.87. The SMILES string of the molecule is COc1cc2nccc(Oc3cc4sc(CCc5cccc(C(F)(F)F)c5)nc4cc3F)c2cc1OC. The monoisotopic (exact) mass is 528 g/mol. The zero-order valence-corrected chi connectivity index (χ0v) is 20.5. The molecule has 5 rings (SSSR count). The molecular formula is C27H20F4N2O3S. The number of aryl methyl sites for hydroxylation is 2. The van der Waals surface area contributed by atoms with Crippen molar-refractivity contribution >= 4 is 32.5 Å². The van der Waals surface area contributed by atoms with Gasteiger partial charge in [0, 0.05) is 36.2 Å². The topological polar surface area (TPSA) is 53.5 Å². The Morgan fingerprint density at radius 1 is 0.838 bits per heavy atom. The van der Waals surface area contributed by atoms with E-state index in [9.17, 15) is 17.6 Å². The van der Waals surface area contributed by atoms with Crippen LogP contribution in [0, 0.1) is 5.82 Å². The molecule has 190 valence electrons. The average molecular weight is 529 g/mol. The number of halogens is 4. The van der Waals surface area contributed by atoms with Crippen LogP contribution in [-0.2, 0) is 19.0 Å². The quantitative estimate of drug-likeness (QED) is 0.204. The fourth-order valence-corrected chi connectivity index (χ4v) is 4.95. The summed E-state index contributed by atoms with van der Waals surface area (Å²) in [4.78, 5) is 8.79. The Kier molecular flexibility index (Phi) is 6.59. The Bertz CT molecular complexity index is 1600. The van der Waals surface area contributed by atoms with Gasteiger partial charge in [0.05, 0.1) is 40.5 Å². The minimum Gasteiger partial charge on any atom is -0.493 e. The van der Waals surface area contributed by atoms with Crippen molar-refractivity contribution in [2.24, 2.45) is 0 Å². The highest BCUT2D eigenvalue weighted by molar-refractivity contribution is 7.18. The van der Waals surface area contributed by atoms with Crippen LogP contribution in [0.1, 0.15) is 16.1 Å².